The molecule has 186 valence electrons. The van der Waals surface area contributed by atoms with E-state index in [1.165, 1.54) is 0 Å². The summed E-state index contributed by atoms with van der Waals surface area (Å²) < 4.78 is 11.1. The Bertz CT molecular complexity index is 1040. The van der Waals surface area contributed by atoms with Gasteiger partial charge in [0.2, 0.25) is 5.91 Å². The third kappa shape index (κ3) is 5.82. The van der Waals surface area contributed by atoms with Gasteiger partial charge in [0.15, 0.2) is 0 Å². The van der Waals surface area contributed by atoms with Gasteiger partial charge in [-0.3, -0.25) is 9.59 Å². The van der Waals surface area contributed by atoms with E-state index in [-0.39, 0.29) is 50.0 Å². The number of hydrogen-bond donors (Lipinski definition) is 3. The molecule has 2 aliphatic rings. The number of benzene rings is 2. The highest BCUT2D eigenvalue weighted by Crippen LogP contribution is 2.44. The Kier molecular flexibility index (Phi) is 7.70. The standard InChI is InChI=1S/C27H32N2O6/c1-16(2)24(12-25(30)28-13-18-11-17(14-34-18)26(31)32)29-27(33)35-15-23-21-9-5-3-7-19(21)20-8-4-6-10-22(20)23/h3-10,16-18,23-24H,11-15H2,1-2H3,(H,28,30)(H,29,33)(H,31,32)/t17-,18-,24+/m0/s1. The number of carbonyl (C=O) groups excluding carboxylic acids is 2. The van der Waals surface area contributed by atoms with Crippen LogP contribution in [-0.4, -0.2) is 55.0 Å². The number of aliphatic carboxylic acids is 1. The molecular weight excluding hydrogens is 448 g/mol. The number of carboxylic acids is 1. The van der Waals surface area contributed by atoms with Gasteiger partial charge in [0.1, 0.15) is 6.61 Å². The lowest BCUT2D eigenvalue weighted by Crippen LogP contribution is -2.43. The van der Waals surface area contributed by atoms with Crippen molar-refractivity contribution in [2.24, 2.45) is 11.8 Å². The Morgan fingerprint density at radius 1 is 1.06 bits per heavy atom. The van der Waals surface area contributed by atoms with Crippen LogP contribution in [0.4, 0.5) is 4.79 Å². The summed E-state index contributed by atoms with van der Waals surface area (Å²) in [6.07, 6.45) is -0.396. The van der Waals surface area contributed by atoms with Gasteiger partial charge in [-0.2, -0.15) is 0 Å². The average Bonchev–Trinajstić information content (AvgIpc) is 3.44. The third-order valence-electron chi connectivity index (χ3n) is 6.81. The third-order valence-corrected chi connectivity index (χ3v) is 6.81. The first-order chi connectivity index (χ1) is 16.8. The number of alkyl carbamates (subject to hydrolysis) is 1. The molecule has 2 aromatic carbocycles. The number of fused-ring (bicyclic) bond motifs is 3. The van der Waals surface area contributed by atoms with Crippen molar-refractivity contribution in [2.75, 3.05) is 19.8 Å². The predicted octanol–water partition coefficient (Wildman–Crippen LogP) is 3.55. The van der Waals surface area contributed by atoms with Crippen molar-refractivity contribution in [1.82, 2.24) is 10.6 Å². The van der Waals surface area contributed by atoms with Gasteiger partial charge in [0.25, 0.3) is 0 Å². The smallest absolute Gasteiger partial charge is 0.407 e. The minimum absolute atomic E-state index is 0.0142. The summed E-state index contributed by atoms with van der Waals surface area (Å²) >= 11 is 0. The van der Waals surface area contributed by atoms with E-state index in [1.54, 1.807) is 0 Å². The summed E-state index contributed by atoms with van der Waals surface area (Å²) in [6, 6.07) is 15.9. The Morgan fingerprint density at radius 3 is 2.26 bits per heavy atom. The van der Waals surface area contributed by atoms with E-state index in [1.807, 2.05) is 38.1 Å². The fraction of sp³-hybridized carbons (Fsp3) is 0.444. The average molecular weight is 481 g/mol. The van der Waals surface area contributed by atoms with Gasteiger partial charge in [0, 0.05) is 24.9 Å². The molecule has 0 spiro atoms. The summed E-state index contributed by atoms with van der Waals surface area (Å²) in [5, 5.41) is 14.7. The first-order valence-corrected chi connectivity index (χ1v) is 12.1. The van der Waals surface area contributed by atoms with Gasteiger partial charge < -0.3 is 25.2 Å². The van der Waals surface area contributed by atoms with Crippen LogP contribution < -0.4 is 10.6 Å². The van der Waals surface area contributed by atoms with Crippen molar-refractivity contribution < 1.29 is 29.0 Å². The number of carboxylic acid groups (broad SMARTS) is 1. The quantitative estimate of drug-likeness (QED) is 0.506. The van der Waals surface area contributed by atoms with Gasteiger partial charge in [-0.25, -0.2) is 4.79 Å². The second-order valence-electron chi connectivity index (χ2n) is 9.55. The molecule has 1 saturated heterocycles. The van der Waals surface area contributed by atoms with Crippen molar-refractivity contribution >= 4 is 18.0 Å². The number of amides is 2. The van der Waals surface area contributed by atoms with E-state index in [4.69, 9.17) is 14.6 Å². The zero-order valence-electron chi connectivity index (χ0n) is 20.0. The molecule has 0 saturated carbocycles. The zero-order valence-corrected chi connectivity index (χ0v) is 20.0. The van der Waals surface area contributed by atoms with E-state index in [2.05, 4.69) is 34.9 Å². The van der Waals surface area contributed by atoms with Crippen LogP contribution in [0.1, 0.15) is 43.7 Å². The highest BCUT2D eigenvalue weighted by Gasteiger charge is 2.32. The number of nitrogens with one attached hydrogen (secondary N) is 2. The molecule has 4 rings (SSSR count). The lowest BCUT2D eigenvalue weighted by molar-refractivity contribution is -0.141. The molecule has 3 N–H and O–H groups in total. The molecule has 8 nitrogen and oxygen atoms in total. The molecule has 35 heavy (non-hydrogen) atoms. The molecule has 0 unspecified atom stereocenters. The topological polar surface area (TPSA) is 114 Å². The molecule has 3 atom stereocenters. The van der Waals surface area contributed by atoms with Gasteiger partial charge in [0.05, 0.1) is 18.6 Å². The van der Waals surface area contributed by atoms with Crippen LogP contribution in [0.5, 0.6) is 0 Å². The van der Waals surface area contributed by atoms with Crippen LogP contribution in [0.3, 0.4) is 0 Å². The van der Waals surface area contributed by atoms with Crippen molar-refractivity contribution in [1.29, 1.82) is 0 Å². The van der Waals surface area contributed by atoms with Crippen LogP contribution >= 0.6 is 0 Å². The van der Waals surface area contributed by atoms with Crippen LogP contribution in [0, 0.1) is 11.8 Å². The lowest BCUT2D eigenvalue weighted by Gasteiger charge is -2.23. The van der Waals surface area contributed by atoms with Crippen molar-refractivity contribution in [3.8, 4) is 11.1 Å². The molecular formula is C27H32N2O6. The fourth-order valence-electron chi connectivity index (χ4n) is 4.76. The second kappa shape index (κ2) is 10.9. The van der Waals surface area contributed by atoms with Crippen LogP contribution in [-0.2, 0) is 19.1 Å². The molecule has 0 bridgehead atoms. The van der Waals surface area contributed by atoms with Gasteiger partial charge >= 0.3 is 12.1 Å². The Hall–Kier alpha value is -3.39. The van der Waals surface area contributed by atoms with Crippen LogP contribution in [0.15, 0.2) is 48.5 Å². The Morgan fingerprint density at radius 2 is 1.69 bits per heavy atom. The number of ether oxygens (including phenoxy) is 2. The summed E-state index contributed by atoms with van der Waals surface area (Å²) in [6.45, 7) is 4.48. The molecule has 1 aliphatic carbocycles. The molecule has 0 radical (unpaired) electrons. The van der Waals surface area contributed by atoms with Crippen molar-refractivity contribution in [2.45, 2.75) is 44.8 Å². The zero-order chi connectivity index (χ0) is 24.9. The van der Waals surface area contributed by atoms with Crippen molar-refractivity contribution in [3.05, 3.63) is 59.7 Å². The lowest BCUT2D eigenvalue weighted by atomic mass is 9.98. The number of rotatable bonds is 9. The summed E-state index contributed by atoms with van der Waals surface area (Å²) in [7, 11) is 0. The second-order valence-corrected chi connectivity index (χ2v) is 9.55. The molecule has 0 aromatic heterocycles. The van der Waals surface area contributed by atoms with Gasteiger partial charge in [-0.05, 0) is 34.6 Å². The molecule has 2 aromatic rings. The Labute approximate surface area is 205 Å². The van der Waals surface area contributed by atoms with Gasteiger partial charge in [-0.1, -0.05) is 62.4 Å². The predicted molar refractivity (Wildman–Crippen MR) is 130 cm³/mol. The highest BCUT2D eigenvalue weighted by molar-refractivity contribution is 5.79. The van der Waals surface area contributed by atoms with E-state index >= 15 is 0 Å². The van der Waals surface area contributed by atoms with Crippen LogP contribution in [0.25, 0.3) is 11.1 Å². The SMILES string of the molecule is CC(C)[C@@H](CC(=O)NC[C@@H]1C[C@H](C(=O)O)CO1)NC(=O)OCC1c2ccccc2-c2ccccc21. The number of hydrogen-bond acceptors (Lipinski definition) is 5. The van der Waals surface area contributed by atoms with E-state index < -0.39 is 24.0 Å². The summed E-state index contributed by atoms with van der Waals surface area (Å²) in [5.74, 6) is -1.66. The molecule has 1 aliphatic heterocycles. The minimum Gasteiger partial charge on any atom is -0.481 e. The fourth-order valence-corrected chi connectivity index (χ4v) is 4.76. The van der Waals surface area contributed by atoms with Crippen LogP contribution in [0.2, 0.25) is 0 Å². The minimum atomic E-state index is -0.883. The van der Waals surface area contributed by atoms with E-state index in [9.17, 15) is 14.4 Å². The van der Waals surface area contributed by atoms with Crippen molar-refractivity contribution in [3.63, 3.8) is 0 Å². The summed E-state index contributed by atoms with van der Waals surface area (Å²) in [4.78, 5) is 36.2. The first-order valence-electron chi connectivity index (χ1n) is 12.1. The maximum Gasteiger partial charge on any atom is 0.407 e. The first kappa shape index (κ1) is 24.7. The maximum absolute atomic E-state index is 12.6. The monoisotopic (exact) mass is 480 g/mol. The number of carbonyl (C=O) groups is 3. The Balaban J connectivity index is 1.28. The normalized spacial score (nSPS) is 19.6. The van der Waals surface area contributed by atoms with E-state index in [0.29, 0.717) is 6.42 Å². The molecule has 1 heterocycles. The van der Waals surface area contributed by atoms with E-state index in [0.717, 1.165) is 22.3 Å². The largest absolute Gasteiger partial charge is 0.481 e. The molecule has 8 heteroatoms. The molecule has 1 fully saturated rings. The molecule has 2 amide bonds. The highest BCUT2D eigenvalue weighted by atomic mass is 16.5. The summed E-state index contributed by atoms with van der Waals surface area (Å²) in [5.41, 5.74) is 4.60. The van der Waals surface area contributed by atoms with Gasteiger partial charge in [-0.15, -0.1) is 0 Å². The maximum atomic E-state index is 12.6.